The van der Waals surface area contributed by atoms with Crippen LogP contribution in [0, 0.1) is 0 Å². The van der Waals surface area contributed by atoms with Crippen LogP contribution in [0.2, 0.25) is 10.0 Å². The van der Waals surface area contributed by atoms with Gasteiger partial charge in [0.1, 0.15) is 0 Å². The molecule has 1 atom stereocenters. The first kappa shape index (κ1) is 13.3. The van der Waals surface area contributed by atoms with Crippen molar-refractivity contribution in [3.8, 4) is 0 Å². The first-order valence-electron chi connectivity index (χ1n) is 6.29. The Morgan fingerprint density at radius 1 is 1.20 bits per heavy atom. The third kappa shape index (κ3) is 2.47. The molecule has 102 valence electrons. The Bertz CT molecular complexity index is 752. The van der Waals surface area contributed by atoms with Crippen molar-refractivity contribution in [3.63, 3.8) is 0 Å². The van der Waals surface area contributed by atoms with Gasteiger partial charge in [0.2, 0.25) is 0 Å². The lowest BCUT2D eigenvalue weighted by molar-refractivity contribution is 0.886. The van der Waals surface area contributed by atoms with E-state index in [4.69, 9.17) is 23.2 Å². The molecule has 20 heavy (non-hydrogen) atoms. The summed E-state index contributed by atoms with van der Waals surface area (Å²) in [6.45, 7) is 2.06. The number of nitrogens with one attached hydrogen (secondary N) is 2. The lowest BCUT2D eigenvalue weighted by Gasteiger charge is -2.17. The minimum absolute atomic E-state index is 0.0636. The van der Waals surface area contributed by atoms with Crippen LogP contribution < -0.4 is 5.32 Å². The van der Waals surface area contributed by atoms with E-state index in [1.807, 2.05) is 30.3 Å². The highest BCUT2D eigenvalue weighted by atomic mass is 35.5. The summed E-state index contributed by atoms with van der Waals surface area (Å²) >= 11 is 12.2. The van der Waals surface area contributed by atoms with Crippen molar-refractivity contribution in [1.82, 2.24) is 10.2 Å². The second-order valence-electron chi connectivity index (χ2n) is 4.67. The number of para-hydroxylation sites is 1. The third-order valence-electron chi connectivity index (χ3n) is 3.28. The molecule has 1 aromatic heterocycles. The summed E-state index contributed by atoms with van der Waals surface area (Å²) in [7, 11) is 0. The molecule has 0 saturated heterocycles. The first-order valence-corrected chi connectivity index (χ1v) is 7.04. The molecule has 2 N–H and O–H groups in total. The molecule has 0 aliphatic rings. The topological polar surface area (TPSA) is 40.7 Å². The number of anilines is 1. The Morgan fingerprint density at radius 2 is 2.05 bits per heavy atom. The molecule has 2 aromatic carbocycles. The summed E-state index contributed by atoms with van der Waals surface area (Å²) in [6, 6.07) is 11.6. The van der Waals surface area contributed by atoms with Crippen LogP contribution in [0.15, 0.2) is 42.6 Å². The van der Waals surface area contributed by atoms with Gasteiger partial charge in [-0.3, -0.25) is 5.10 Å². The molecule has 3 rings (SSSR count). The van der Waals surface area contributed by atoms with Gasteiger partial charge < -0.3 is 5.32 Å². The average molecular weight is 306 g/mol. The van der Waals surface area contributed by atoms with E-state index in [0.29, 0.717) is 10.0 Å². The van der Waals surface area contributed by atoms with Crippen LogP contribution in [0.25, 0.3) is 10.9 Å². The number of hydrogen-bond donors (Lipinski definition) is 2. The molecule has 1 heterocycles. The molecule has 3 nitrogen and oxygen atoms in total. The summed E-state index contributed by atoms with van der Waals surface area (Å²) in [5.41, 5.74) is 3.00. The second-order valence-corrected chi connectivity index (χ2v) is 5.52. The molecule has 0 bridgehead atoms. The highest BCUT2D eigenvalue weighted by molar-refractivity contribution is 6.35. The fraction of sp³-hybridized carbons (Fsp3) is 0.133. The summed E-state index contributed by atoms with van der Waals surface area (Å²) in [5, 5.41) is 12.9. The number of nitrogens with zero attached hydrogens (tertiary/aromatic N) is 1. The molecule has 3 aromatic rings. The van der Waals surface area contributed by atoms with E-state index in [1.54, 1.807) is 12.3 Å². The van der Waals surface area contributed by atoms with Crippen LogP contribution in [0.5, 0.6) is 0 Å². The van der Waals surface area contributed by atoms with E-state index in [1.165, 1.54) is 0 Å². The van der Waals surface area contributed by atoms with E-state index >= 15 is 0 Å². The normalized spacial score (nSPS) is 12.6. The lowest BCUT2D eigenvalue weighted by Crippen LogP contribution is -2.07. The van der Waals surface area contributed by atoms with Crippen LogP contribution >= 0.6 is 23.2 Å². The zero-order valence-electron chi connectivity index (χ0n) is 10.8. The van der Waals surface area contributed by atoms with Gasteiger partial charge >= 0.3 is 0 Å². The Kier molecular flexibility index (Phi) is 3.55. The van der Waals surface area contributed by atoms with Crippen molar-refractivity contribution in [2.75, 3.05) is 5.32 Å². The van der Waals surface area contributed by atoms with Gasteiger partial charge in [0.15, 0.2) is 0 Å². The van der Waals surface area contributed by atoms with Gasteiger partial charge in [-0.2, -0.15) is 5.10 Å². The summed E-state index contributed by atoms with van der Waals surface area (Å²) in [5.74, 6) is 0. The van der Waals surface area contributed by atoms with E-state index < -0.39 is 0 Å². The fourth-order valence-corrected chi connectivity index (χ4v) is 2.83. The lowest BCUT2D eigenvalue weighted by atomic mass is 10.1. The Balaban J connectivity index is 1.92. The van der Waals surface area contributed by atoms with E-state index in [-0.39, 0.29) is 6.04 Å². The van der Waals surface area contributed by atoms with Gasteiger partial charge in [0.25, 0.3) is 0 Å². The number of fused-ring (bicyclic) bond motifs is 1. The number of rotatable bonds is 3. The maximum Gasteiger partial charge on any atom is 0.0881 e. The maximum absolute atomic E-state index is 6.24. The second kappa shape index (κ2) is 5.35. The van der Waals surface area contributed by atoms with Gasteiger partial charge in [0.05, 0.1) is 23.4 Å². The van der Waals surface area contributed by atoms with Crippen molar-refractivity contribution >= 4 is 39.8 Å². The smallest absolute Gasteiger partial charge is 0.0881 e. The summed E-state index contributed by atoms with van der Waals surface area (Å²) in [4.78, 5) is 0. The largest absolute Gasteiger partial charge is 0.377 e. The Labute approximate surface area is 126 Å². The predicted molar refractivity (Wildman–Crippen MR) is 84.6 cm³/mol. The molecule has 1 unspecified atom stereocenters. The van der Waals surface area contributed by atoms with Crippen molar-refractivity contribution in [3.05, 3.63) is 58.2 Å². The SMILES string of the molecule is CC(Nc1cccc2cn[nH]c12)c1ccc(Cl)cc1Cl. The molecule has 0 radical (unpaired) electrons. The number of benzene rings is 2. The highest BCUT2D eigenvalue weighted by Gasteiger charge is 2.11. The number of aromatic amines is 1. The molecule has 0 spiro atoms. The molecule has 0 aliphatic heterocycles. The zero-order chi connectivity index (χ0) is 14.1. The fourth-order valence-electron chi connectivity index (χ4n) is 2.25. The zero-order valence-corrected chi connectivity index (χ0v) is 12.3. The quantitative estimate of drug-likeness (QED) is 0.711. The van der Waals surface area contributed by atoms with Gasteiger partial charge in [-0.1, -0.05) is 41.4 Å². The highest BCUT2D eigenvalue weighted by Crippen LogP contribution is 2.30. The number of hydrogen-bond acceptors (Lipinski definition) is 2. The maximum atomic E-state index is 6.24. The van der Waals surface area contributed by atoms with Crippen LogP contribution in [-0.4, -0.2) is 10.2 Å². The van der Waals surface area contributed by atoms with Gasteiger partial charge in [-0.05, 0) is 30.7 Å². The van der Waals surface area contributed by atoms with Gasteiger partial charge in [0, 0.05) is 15.4 Å². The molecular formula is C15H13Cl2N3. The minimum Gasteiger partial charge on any atom is -0.377 e. The van der Waals surface area contributed by atoms with Gasteiger partial charge in [-0.25, -0.2) is 0 Å². The van der Waals surface area contributed by atoms with Crippen LogP contribution in [0.1, 0.15) is 18.5 Å². The van der Waals surface area contributed by atoms with E-state index in [2.05, 4.69) is 22.4 Å². The minimum atomic E-state index is 0.0636. The molecule has 0 saturated carbocycles. The summed E-state index contributed by atoms with van der Waals surface area (Å²) < 4.78 is 0. The van der Waals surface area contributed by atoms with Crippen molar-refractivity contribution in [2.45, 2.75) is 13.0 Å². The predicted octanol–water partition coefficient (Wildman–Crippen LogP) is 5.04. The van der Waals surface area contributed by atoms with Crippen molar-refractivity contribution in [2.24, 2.45) is 0 Å². The standard InChI is InChI=1S/C15H13Cl2N3/c1-9(12-6-5-11(16)7-13(12)17)19-14-4-2-3-10-8-18-20-15(10)14/h2-9,19H,1H3,(H,18,20). The molecule has 0 fully saturated rings. The summed E-state index contributed by atoms with van der Waals surface area (Å²) in [6.07, 6.45) is 1.81. The Hall–Kier alpha value is -1.71. The monoisotopic (exact) mass is 305 g/mol. The van der Waals surface area contributed by atoms with Crippen LogP contribution in [0.4, 0.5) is 5.69 Å². The number of halogens is 2. The molecular weight excluding hydrogens is 293 g/mol. The van der Waals surface area contributed by atoms with Gasteiger partial charge in [-0.15, -0.1) is 0 Å². The first-order chi connectivity index (χ1) is 9.65. The molecule has 0 aliphatic carbocycles. The van der Waals surface area contributed by atoms with Crippen molar-refractivity contribution in [1.29, 1.82) is 0 Å². The number of H-pyrrole nitrogens is 1. The third-order valence-corrected chi connectivity index (χ3v) is 3.84. The van der Waals surface area contributed by atoms with Crippen LogP contribution in [0.3, 0.4) is 0 Å². The van der Waals surface area contributed by atoms with Crippen LogP contribution in [-0.2, 0) is 0 Å². The Morgan fingerprint density at radius 3 is 2.85 bits per heavy atom. The number of aromatic nitrogens is 2. The molecule has 5 heteroatoms. The van der Waals surface area contributed by atoms with E-state index in [0.717, 1.165) is 22.2 Å². The molecule has 0 amide bonds. The van der Waals surface area contributed by atoms with E-state index in [9.17, 15) is 0 Å². The average Bonchev–Trinajstić information content (AvgIpc) is 2.87. The van der Waals surface area contributed by atoms with Crippen molar-refractivity contribution < 1.29 is 0 Å².